The maximum absolute atomic E-state index is 6.27. The SMILES string of the molecule is CC(Cl)c1nc2cnccc2n1CC1CN(C)CCO1. The van der Waals surface area contributed by atoms with Crippen LogP contribution in [0, 0.1) is 0 Å². The van der Waals surface area contributed by atoms with E-state index in [1.54, 1.807) is 12.4 Å². The van der Waals surface area contributed by atoms with E-state index in [0.29, 0.717) is 0 Å². The van der Waals surface area contributed by atoms with Crippen LogP contribution < -0.4 is 0 Å². The highest BCUT2D eigenvalue weighted by molar-refractivity contribution is 6.20. The van der Waals surface area contributed by atoms with Crippen molar-refractivity contribution in [3.63, 3.8) is 0 Å². The summed E-state index contributed by atoms with van der Waals surface area (Å²) in [6.07, 6.45) is 3.74. The molecule has 2 unspecified atom stereocenters. The zero-order valence-electron chi connectivity index (χ0n) is 11.8. The van der Waals surface area contributed by atoms with Crippen LogP contribution in [0.15, 0.2) is 18.5 Å². The van der Waals surface area contributed by atoms with E-state index in [9.17, 15) is 0 Å². The topological polar surface area (TPSA) is 43.2 Å². The number of fused-ring (bicyclic) bond motifs is 1. The van der Waals surface area contributed by atoms with Crippen LogP contribution in [0.25, 0.3) is 11.0 Å². The Morgan fingerprint density at radius 3 is 3.15 bits per heavy atom. The van der Waals surface area contributed by atoms with Crippen LogP contribution in [-0.2, 0) is 11.3 Å². The highest BCUT2D eigenvalue weighted by Crippen LogP contribution is 2.25. The van der Waals surface area contributed by atoms with Crippen molar-refractivity contribution in [2.75, 3.05) is 26.7 Å². The minimum absolute atomic E-state index is 0.135. The monoisotopic (exact) mass is 294 g/mol. The van der Waals surface area contributed by atoms with Gasteiger partial charge in [0.2, 0.25) is 0 Å². The van der Waals surface area contributed by atoms with E-state index in [1.807, 2.05) is 13.0 Å². The van der Waals surface area contributed by atoms with E-state index in [2.05, 4.69) is 26.5 Å². The van der Waals surface area contributed by atoms with Gasteiger partial charge in [-0.2, -0.15) is 0 Å². The van der Waals surface area contributed by atoms with Crippen LogP contribution in [0.2, 0.25) is 0 Å². The molecule has 0 spiro atoms. The van der Waals surface area contributed by atoms with Gasteiger partial charge in [-0.1, -0.05) is 0 Å². The summed E-state index contributed by atoms with van der Waals surface area (Å²) in [5, 5.41) is -0.135. The fourth-order valence-electron chi connectivity index (χ4n) is 2.68. The Morgan fingerprint density at radius 1 is 1.55 bits per heavy atom. The first-order valence-electron chi connectivity index (χ1n) is 6.89. The molecule has 0 radical (unpaired) electrons. The third-order valence-corrected chi connectivity index (χ3v) is 3.86. The average Bonchev–Trinajstić information content (AvgIpc) is 2.78. The molecule has 108 valence electrons. The molecule has 2 atom stereocenters. The van der Waals surface area contributed by atoms with Gasteiger partial charge in [0.25, 0.3) is 0 Å². The molecule has 5 nitrogen and oxygen atoms in total. The minimum Gasteiger partial charge on any atom is -0.374 e. The normalized spacial score (nSPS) is 22.2. The number of nitrogens with zero attached hydrogens (tertiary/aromatic N) is 4. The number of hydrogen-bond acceptors (Lipinski definition) is 4. The molecule has 20 heavy (non-hydrogen) atoms. The molecule has 3 rings (SSSR count). The molecule has 1 fully saturated rings. The molecule has 0 saturated carbocycles. The molecule has 0 N–H and O–H groups in total. The highest BCUT2D eigenvalue weighted by Gasteiger charge is 2.22. The number of pyridine rings is 1. The number of aromatic nitrogens is 3. The number of rotatable bonds is 3. The summed E-state index contributed by atoms with van der Waals surface area (Å²) in [6, 6.07) is 1.98. The first kappa shape index (κ1) is 13.8. The van der Waals surface area contributed by atoms with Gasteiger partial charge in [0.1, 0.15) is 11.3 Å². The minimum atomic E-state index is -0.135. The van der Waals surface area contributed by atoms with Gasteiger partial charge in [-0.05, 0) is 20.0 Å². The van der Waals surface area contributed by atoms with Crippen molar-refractivity contribution in [1.82, 2.24) is 19.4 Å². The molecule has 0 bridgehead atoms. The summed E-state index contributed by atoms with van der Waals surface area (Å²) >= 11 is 6.27. The van der Waals surface area contributed by atoms with Crippen molar-refractivity contribution in [2.24, 2.45) is 0 Å². The second-order valence-electron chi connectivity index (χ2n) is 5.32. The van der Waals surface area contributed by atoms with Gasteiger partial charge in [-0.15, -0.1) is 11.6 Å². The first-order valence-corrected chi connectivity index (χ1v) is 7.33. The molecular weight excluding hydrogens is 276 g/mol. The lowest BCUT2D eigenvalue weighted by Gasteiger charge is -2.30. The van der Waals surface area contributed by atoms with Crippen molar-refractivity contribution in [3.05, 3.63) is 24.3 Å². The van der Waals surface area contributed by atoms with Crippen LogP contribution in [0.5, 0.6) is 0 Å². The fourth-order valence-corrected chi connectivity index (χ4v) is 2.84. The Labute approximate surface area is 123 Å². The van der Waals surface area contributed by atoms with E-state index < -0.39 is 0 Å². The number of morpholine rings is 1. The van der Waals surface area contributed by atoms with Crippen molar-refractivity contribution in [2.45, 2.75) is 24.9 Å². The number of halogens is 1. The maximum Gasteiger partial charge on any atom is 0.127 e. The smallest absolute Gasteiger partial charge is 0.127 e. The van der Waals surface area contributed by atoms with Gasteiger partial charge in [0, 0.05) is 19.3 Å². The van der Waals surface area contributed by atoms with E-state index in [0.717, 1.165) is 43.1 Å². The zero-order valence-corrected chi connectivity index (χ0v) is 12.5. The van der Waals surface area contributed by atoms with Crippen molar-refractivity contribution in [3.8, 4) is 0 Å². The number of hydrogen-bond donors (Lipinski definition) is 0. The van der Waals surface area contributed by atoms with Crippen LogP contribution >= 0.6 is 11.6 Å². The van der Waals surface area contributed by atoms with E-state index in [1.165, 1.54) is 0 Å². The number of likely N-dealkylation sites (N-methyl/N-ethyl adjacent to an activating group) is 1. The summed E-state index contributed by atoms with van der Waals surface area (Å²) in [7, 11) is 2.12. The molecule has 0 aliphatic carbocycles. The highest BCUT2D eigenvalue weighted by atomic mass is 35.5. The maximum atomic E-state index is 6.27. The van der Waals surface area contributed by atoms with Crippen molar-refractivity contribution in [1.29, 1.82) is 0 Å². The van der Waals surface area contributed by atoms with Gasteiger partial charge in [0.05, 0.1) is 36.3 Å². The molecule has 1 aliphatic heterocycles. The zero-order chi connectivity index (χ0) is 14.1. The molecule has 0 aromatic carbocycles. The fraction of sp³-hybridized carbons (Fsp3) is 0.571. The molecule has 1 saturated heterocycles. The van der Waals surface area contributed by atoms with Crippen LogP contribution in [0.3, 0.4) is 0 Å². The molecule has 2 aromatic heterocycles. The Balaban J connectivity index is 1.94. The second kappa shape index (κ2) is 5.68. The quantitative estimate of drug-likeness (QED) is 0.813. The van der Waals surface area contributed by atoms with Gasteiger partial charge in [0.15, 0.2) is 0 Å². The van der Waals surface area contributed by atoms with Crippen LogP contribution in [0.1, 0.15) is 18.1 Å². The number of imidazole rings is 1. The second-order valence-corrected chi connectivity index (χ2v) is 5.97. The van der Waals surface area contributed by atoms with Gasteiger partial charge in [-0.25, -0.2) is 4.98 Å². The Morgan fingerprint density at radius 2 is 2.40 bits per heavy atom. The predicted molar refractivity (Wildman–Crippen MR) is 79.0 cm³/mol. The number of alkyl halides is 1. The number of ether oxygens (including phenoxy) is 1. The van der Waals surface area contributed by atoms with Gasteiger partial charge in [-0.3, -0.25) is 4.98 Å². The van der Waals surface area contributed by atoms with E-state index in [4.69, 9.17) is 16.3 Å². The molecule has 1 aliphatic rings. The Hall–Kier alpha value is -1.17. The molecule has 3 heterocycles. The van der Waals surface area contributed by atoms with Crippen LogP contribution in [0.4, 0.5) is 0 Å². The van der Waals surface area contributed by atoms with Crippen molar-refractivity contribution >= 4 is 22.6 Å². The lowest BCUT2D eigenvalue weighted by molar-refractivity contribution is -0.0272. The Kier molecular flexibility index (Phi) is 3.92. The largest absolute Gasteiger partial charge is 0.374 e. The summed E-state index contributed by atoms with van der Waals surface area (Å²) in [5.41, 5.74) is 1.96. The third kappa shape index (κ3) is 2.66. The van der Waals surface area contributed by atoms with E-state index >= 15 is 0 Å². The lowest BCUT2D eigenvalue weighted by Crippen LogP contribution is -2.42. The third-order valence-electron chi connectivity index (χ3n) is 3.66. The molecular formula is C14H19ClN4O. The molecule has 0 amide bonds. The summed E-state index contributed by atoms with van der Waals surface area (Å²) in [6.45, 7) is 5.42. The molecule has 2 aromatic rings. The summed E-state index contributed by atoms with van der Waals surface area (Å²) in [4.78, 5) is 11.0. The van der Waals surface area contributed by atoms with Gasteiger partial charge < -0.3 is 14.2 Å². The van der Waals surface area contributed by atoms with Crippen molar-refractivity contribution < 1.29 is 4.74 Å². The average molecular weight is 295 g/mol. The predicted octanol–water partition coefficient (Wildman–Crippen LogP) is 2.06. The molecule has 6 heteroatoms. The summed E-state index contributed by atoms with van der Waals surface area (Å²) < 4.78 is 8.02. The van der Waals surface area contributed by atoms with Crippen LogP contribution in [-0.4, -0.2) is 52.3 Å². The first-order chi connectivity index (χ1) is 9.65. The van der Waals surface area contributed by atoms with Gasteiger partial charge >= 0.3 is 0 Å². The summed E-state index contributed by atoms with van der Waals surface area (Å²) in [5.74, 6) is 0.881. The van der Waals surface area contributed by atoms with E-state index in [-0.39, 0.29) is 11.5 Å². The lowest BCUT2D eigenvalue weighted by atomic mass is 10.2. The Bertz CT molecular complexity index is 598. The standard InChI is InChI=1S/C14H19ClN4O/c1-10(15)14-17-12-7-16-4-3-13(12)19(14)9-11-8-18(2)5-6-20-11/h3-4,7,10-11H,5-6,8-9H2,1-2H3.